The molecule has 154 valence electrons. The molecule has 1 N–H and O–H groups in total. The Labute approximate surface area is 173 Å². The molecule has 2 aromatic carbocycles. The summed E-state index contributed by atoms with van der Waals surface area (Å²) in [7, 11) is 1.58. The molecule has 0 heterocycles. The third-order valence-corrected chi connectivity index (χ3v) is 5.45. The lowest BCUT2D eigenvalue weighted by Crippen LogP contribution is -2.24. The summed E-state index contributed by atoms with van der Waals surface area (Å²) in [6.45, 7) is 6.34. The second-order valence-corrected chi connectivity index (χ2v) is 9.33. The Morgan fingerprint density at radius 3 is 2.14 bits per heavy atom. The van der Waals surface area contributed by atoms with Gasteiger partial charge in [0.1, 0.15) is 16.9 Å². The molecule has 4 heteroatoms. The molecule has 0 aromatic heterocycles. The van der Waals surface area contributed by atoms with Crippen molar-refractivity contribution in [2.75, 3.05) is 12.4 Å². The van der Waals surface area contributed by atoms with Crippen LogP contribution in [-0.4, -0.2) is 18.7 Å². The van der Waals surface area contributed by atoms with Crippen LogP contribution < -0.4 is 10.1 Å². The Morgan fingerprint density at radius 1 is 1.00 bits per heavy atom. The molecule has 4 rings (SSSR count). The summed E-state index contributed by atoms with van der Waals surface area (Å²) in [5.41, 5.74) is 5.17. The Morgan fingerprint density at radius 2 is 1.62 bits per heavy atom. The summed E-state index contributed by atoms with van der Waals surface area (Å²) in [5, 5.41) is 3.49. The van der Waals surface area contributed by atoms with E-state index >= 15 is 0 Å². The van der Waals surface area contributed by atoms with Crippen molar-refractivity contribution >= 4 is 11.7 Å². The molecule has 0 spiro atoms. The van der Waals surface area contributed by atoms with Gasteiger partial charge < -0.3 is 14.8 Å². The van der Waals surface area contributed by atoms with E-state index in [4.69, 9.17) is 9.47 Å². The van der Waals surface area contributed by atoms with Crippen LogP contribution in [0, 0.1) is 0 Å². The molecule has 0 amide bonds. The van der Waals surface area contributed by atoms with Crippen LogP contribution in [0.2, 0.25) is 0 Å². The Bertz CT molecular complexity index is 875. The molecule has 2 aliphatic rings. The van der Waals surface area contributed by atoms with Gasteiger partial charge in [0, 0.05) is 18.3 Å². The number of benzene rings is 2. The first-order valence-corrected chi connectivity index (χ1v) is 10.6. The predicted octanol–water partition coefficient (Wildman–Crippen LogP) is 6.02. The van der Waals surface area contributed by atoms with Crippen molar-refractivity contribution < 1.29 is 14.3 Å². The molecule has 2 aliphatic carbocycles. The number of carbonyl (C=O) groups excluding carboxylic acids is 1. The van der Waals surface area contributed by atoms with E-state index in [-0.39, 0.29) is 5.97 Å². The van der Waals surface area contributed by atoms with Gasteiger partial charge in [0.05, 0.1) is 7.11 Å². The van der Waals surface area contributed by atoms with Crippen LogP contribution in [0.1, 0.15) is 85.3 Å². The SMILES string of the molecule is COc1cc(NCc2cc(C3CC3)cc(C3CC3)c2)ccc1C(=O)OC(C)(C)C. The number of carbonyl (C=O) groups is 1. The minimum absolute atomic E-state index is 0.368. The first-order chi connectivity index (χ1) is 13.8. The van der Waals surface area contributed by atoms with Crippen LogP contribution in [0.25, 0.3) is 0 Å². The Kier molecular flexibility index (Phi) is 5.28. The van der Waals surface area contributed by atoms with Gasteiger partial charge in [-0.3, -0.25) is 0 Å². The van der Waals surface area contributed by atoms with E-state index in [0.29, 0.717) is 11.3 Å². The number of hydrogen-bond donors (Lipinski definition) is 1. The molecule has 0 saturated heterocycles. The largest absolute Gasteiger partial charge is 0.496 e. The molecule has 0 unspecified atom stereocenters. The van der Waals surface area contributed by atoms with Crippen molar-refractivity contribution in [2.24, 2.45) is 0 Å². The molecular weight excluding hydrogens is 362 g/mol. The second kappa shape index (κ2) is 7.74. The molecule has 2 aromatic rings. The lowest BCUT2D eigenvalue weighted by molar-refractivity contribution is 0.00666. The molecular formula is C25H31NO3. The average molecular weight is 394 g/mol. The van der Waals surface area contributed by atoms with Crippen molar-refractivity contribution in [1.82, 2.24) is 0 Å². The smallest absolute Gasteiger partial charge is 0.342 e. The van der Waals surface area contributed by atoms with E-state index in [2.05, 4.69) is 23.5 Å². The Balaban J connectivity index is 1.48. The molecule has 4 nitrogen and oxygen atoms in total. The lowest BCUT2D eigenvalue weighted by atomic mass is 10.00. The van der Waals surface area contributed by atoms with Gasteiger partial charge in [0.15, 0.2) is 0 Å². The summed E-state index contributed by atoms with van der Waals surface area (Å²) in [6.07, 6.45) is 5.29. The van der Waals surface area contributed by atoms with Crippen molar-refractivity contribution in [3.63, 3.8) is 0 Å². The summed E-state index contributed by atoms with van der Waals surface area (Å²) in [5.74, 6) is 1.68. The third-order valence-electron chi connectivity index (χ3n) is 5.45. The number of nitrogens with one attached hydrogen (secondary N) is 1. The molecule has 0 bridgehead atoms. The maximum absolute atomic E-state index is 12.4. The number of anilines is 1. The second-order valence-electron chi connectivity index (χ2n) is 9.33. The van der Waals surface area contributed by atoms with Gasteiger partial charge in [-0.15, -0.1) is 0 Å². The normalized spacial score (nSPS) is 16.4. The van der Waals surface area contributed by atoms with Gasteiger partial charge in [0.2, 0.25) is 0 Å². The van der Waals surface area contributed by atoms with Crippen molar-refractivity contribution in [3.05, 3.63) is 58.7 Å². The summed E-state index contributed by atoms with van der Waals surface area (Å²) >= 11 is 0. The molecule has 2 saturated carbocycles. The van der Waals surface area contributed by atoms with E-state index in [1.807, 2.05) is 32.9 Å². The van der Waals surface area contributed by atoms with Crippen LogP contribution >= 0.6 is 0 Å². The quantitative estimate of drug-likeness (QED) is 0.585. The first kappa shape index (κ1) is 19.8. The van der Waals surface area contributed by atoms with E-state index in [1.54, 1.807) is 13.2 Å². The average Bonchev–Trinajstić information content (AvgIpc) is 3.56. The third kappa shape index (κ3) is 5.11. The van der Waals surface area contributed by atoms with Crippen LogP contribution in [0.3, 0.4) is 0 Å². The fourth-order valence-electron chi connectivity index (χ4n) is 3.66. The molecule has 0 radical (unpaired) electrons. The van der Waals surface area contributed by atoms with E-state index in [9.17, 15) is 4.79 Å². The van der Waals surface area contributed by atoms with Crippen LogP contribution in [-0.2, 0) is 11.3 Å². The molecule has 0 atom stereocenters. The zero-order valence-electron chi connectivity index (χ0n) is 17.9. The van der Waals surface area contributed by atoms with Gasteiger partial charge in [-0.1, -0.05) is 18.2 Å². The number of hydrogen-bond acceptors (Lipinski definition) is 4. The topological polar surface area (TPSA) is 47.6 Å². The highest BCUT2D eigenvalue weighted by Crippen LogP contribution is 2.45. The maximum atomic E-state index is 12.4. The standard InChI is InChI=1S/C25H31NO3/c1-25(2,3)29-24(27)22-10-9-21(14-23(22)28-4)26-15-16-11-19(17-5-6-17)13-20(12-16)18-7-8-18/h9-14,17-18,26H,5-8,15H2,1-4H3. The van der Waals surface area contributed by atoms with Crippen LogP contribution in [0.4, 0.5) is 5.69 Å². The number of esters is 1. The van der Waals surface area contributed by atoms with Crippen molar-refractivity contribution in [3.8, 4) is 5.75 Å². The van der Waals surface area contributed by atoms with E-state index < -0.39 is 5.60 Å². The molecule has 29 heavy (non-hydrogen) atoms. The number of rotatable bonds is 7. The minimum Gasteiger partial charge on any atom is -0.496 e. The highest BCUT2D eigenvalue weighted by atomic mass is 16.6. The summed E-state index contributed by atoms with van der Waals surface area (Å²) in [6, 6.07) is 12.7. The minimum atomic E-state index is -0.537. The molecule has 2 fully saturated rings. The lowest BCUT2D eigenvalue weighted by Gasteiger charge is -2.20. The van der Waals surface area contributed by atoms with Crippen molar-refractivity contribution in [2.45, 2.75) is 70.4 Å². The summed E-state index contributed by atoms with van der Waals surface area (Å²) < 4.78 is 10.9. The summed E-state index contributed by atoms with van der Waals surface area (Å²) in [4.78, 5) is 12.4. The first-order valence-electron chi connectivity index (χ1n) is 10.6. The highest BCUT2D eigenvalue weighted by molar-refractivity contribution is 5.93. The van der Waals surface area contributed by atoms with Gasteiger partial charge >= 0.3 is 5.97 Å². The maximum Gasteiger partial charge on any atom is 0.342 e. The fourth-order valence-corrected chi connectivity index (χ4v) is 3.66. The predicted molar refractivity (Wildman–Crippen MR) is 116 cm³/mol. The van der Waals surface area contributed by atoms with Gasteiger partial charge in [-0.05, 0) is 87.1 Å². The van der Waals surface area contributed by atoms with Crippen LogP contribution in [0.5, 0.6) is 5.75 Å². The van der Waals surface area contributed by atoms with Gasteiger partial charge in [-0.25, -0.2) is 4.79 Å². The van der Waals surface area contributed by atoms with Gasteiger partial charge in [0.25, 0.3) is 0 Å². The van der Waals surface area contributed by atoms with E-state index in [1.165, 1.54) is 42.4 Å². The zero-order valence-corrected chi connectivity index (χ0v) is 17.9. The van der Waals surface area contributed by atoms with E-state index in [0.717, 1.165) is 24.1 Å². The van der Waals surface area contributed by atoms with Gasteiger partial charge in [-0.2, -0.15) is 0 Å². The highest BCUT2D eigenvalue weighted by Gasteiger charge is 2.28. The monoisotopic (exact) mass is 393 g/mol. The fraction of sp³-hybridized carbons (Fsp3) is 0.480. The van der Waals surface area contributed by atoms with Crippen molar-refractivity contribution in [1.29, 1.82) is 0 Å². The van der Waals surface area contributed by atoms with Crippen LogP contribution in [0.15, 0.2) is 36.4 Å². The number of methoxy groups -OCH3 is 1. The molecule has 0 aliphatic heterocycles. The zero-order chi connectivity index (χ0) is 20.6. The number of ether oxygens (including phenoxy) is 2. The Hall–Kier alpha value is -2.49.